The van der Waals surface area contributed by atoms with Gasteiger partial charge in [-0.1, -0.05) is 66.7 Å². The average molecular weight is 340 g/mol. The largest absolute Gasteiger partial charge is 0.329 e. The number of nitrogens with zero attached hydrogens (tertiary/aromatic N) is 1. The third-order valence-electron chi connectivity index (χ3n) is 3.95. The lowest BCUT2D eigenvalue weighted by atomic mass is 10.1. The van der Waals surface area contributed by atoms with Crippen molar-refractivity contribution in [2.75, 3.05) is 13.1 Å². The van der Waals surface area contributed by atoms with Crippen molar-refractivity contribution in [2.45, 2.75) is 11.4 Å². The van der Waals surface area contributed by atoms with E-state index in [1.165, 1.54) is 4.31 Å². The molecule has 124 valence electrons. The van der Waals surface area contributed by atoms with Crippen LogP contribution in [-0.4, -0.2) is 25.8 Å². The van der Waals surface area contributed by atoms with Crippen LogP contribution in [0.3, 0.4) is 0 Å². The summed E-state index contributed by atoms with van der Waals surface area (Å²) < 4.78 is 27.9. The van der Waals surface area contributed by atoms with Crippen LogP contribution in [0.15, 0.2) is 77.7 Å². The maximum absolute atomic E-state index is 13.2. The second kappa shape index (κ2) is 7.13. The van der Waals surface area contributed by atoms with E-state index in [-0.39, 0.29) is 13.1 Å². The van der Waals surface area contributed by atoms with Crippen molar-refractivity contribution in [3.63, 3.8) is 0 Å². The predicted octanol–water partition coefficient (Wildman–Crippen LogP) is 2.99. The minimum atomic E-state index is -3.63. The molecule has 3 aromatic rings. The van der Waals surface area contributed by atoms with Gasteiger partial charge in [0.15, 0.2) is 0 Å². The van der Waals surface area contributed by atoms with Crippen molar-refractivity contribution in [3.05, 3.63) is 78.4 Å². The highest BCUT2D eigenvalue weighted by atomic mass is 32.2. The second-order valence-electron chi connectivity index (χ2n) is 5.59. The van der Waals surface area contributed by atoms with Crippen LogP contribution in [0.5, 0.6) is 0 Å². The zero-order valence-electron chi connectivity index (χ0n) is 13.3. The molecule has 0 fully saturated rings. The maximum atomic E-state index is 13.2. The lowest BCUT2D eigenvalue weighted by molar-refractivity contribution is 0.414. The fraction of sp³-hybridized carbons (Fsp3) is 0.158. The smallest absolute Gasteiger partial charge is 0.244 e. The average Bonchev–Trinajstić information content (AvgIpc) is 2.61. The summed E-state index contributed by atoms with van der Waals surface area (Å²) in [7, 11) is -3.63. The van der Waals surface area contributed by atoms with Gasteiger partial charge in [-0.25, -0.2) is 8.42 Å². The van der Waals surface area contributed by atoms with E-state index in [9.17, 15) is 8.42 Å². The Labute approximate surface area is 142 Å². The van der Waals surface area contributed by atoms with E-state index < -0.39 is 10.0 Å². The van der Waals surface area contributed by atoms with E-state index in [0.29, 0.717) is 11.4 Å². The Bertz CT molecular complexity index is 919. The monoisotopic (exact) mass is 340 g/mol. The highest BCUT2D eigenvalue weighted by Crippen LogP contribution is 2.26. The first-order valence-corrected chi connectivity index (χ1v) is 9.29. The number of hydrogen-bond acceptors (Lipinski definition) is 3. The van der Waals surface area contributed by atoms with Crippen LogP contribution in [0.4, 0.5) is 0 Å². The maximum Gasteiger partial charge on any atom is 0.244 e. The molecule has 0 atom stereocenters. The molecular weight excluding hydrogens is 320 g/mol. The molecule has 0 spiro atoms. The molecule has 0 bridgehead atoms. The van der Waals surface area contributed by atoms with Gasteiger partial charge in [0.25, 0.3) is 0 Å². The molecule has 0 aliphatic carbocycles. The molecule has 0 heterocycles. The van der Waals surface area contributed by atoms with Gasteiger partial charge >= 0.3 is 0 Å². The summed E-state index contributed by atoms with van der Waals surface area (Å²) in [5.74, 6) is 0. The zero-order valence-corrected chi connectivity index (χ0v) is 14.1. The van der Waals surface area contributed by atoms with Crippen LogP contribution in [0.2, 0.25) is 0 Å². The van der Waals surface area contributed by atoms with Gasteiger partial charge in [-0.15, -0.1) is 0 Å². The molecule has 0 saturated heterocycles. The van der Waals surface area contributed by atoms with E-state index in [2.05, 4.69) is 0 Å². The van der Waals surface area contributed by atoms with E-state index >= 15 is 0 Å². The fourth-order valence-corrected chi connectivity index (χ4v) is 4.43. The summed E-state index contributed by atoms with van der Waals surface area (Å²) in [6.07, 6.45) is 0. The van der Waals surface area contributed by atoms with Crippen LogP contribution in [0.25, 0.3) is 10.8 Å². The number of rotatable bonds is 6. The molecule has 3 rings (SSSR count). The van der Waals surface area contributed by atoms with Crippen LogP contribution in [0, 0.1) is 0 Å². The van der Waals surface area contributed by atoms with E-state index in [1.54, 1.807) is 12.1 Å². The van der Waals surface area contributed by atoms with Gasteiger partial charge in [-0.05, 0) is 17.0 Å². The van der Waals surface area contributed by atoms with Crippen LogP contribution >= 0.6 is 0 Å². The Morgan fingerprint density at radius 2 is 1.50 bits per heavy atom. The number of benzene rings is 3. The molecule has 0 aliphatic rings. The summed E-state index contributed by atoms with van der Waals surface area (Å²) in [5.41, 5.74) is 6.60. The SMILES string of the molecule is NCCN(Cc1ccccc1)S(=O)(=O)c1cccc2ccccc12. The first-order valence-electron chi connectivity index (χ1n) is 7.85. The lowest BCUT2D eigenvalue weighted by Gasteiger charge is -2.22. The van der Waals surface area contributed by atoms with Gasteiger partial charge in [0.1, 0.15) is 0 Å². The van der Waals surface area contributed by atoms with Crippen molar-refractivity contribution < 1.29 is 8.42 Å². The number of fused-ring (bicyclic) bond motifs is 1. The summed E-state index contributed by atoms with van der Waals surface area (Å²) in [6, 6.07) is 22.4. The number of hydrogen-bond donors (Lipinski definition) is 1. The molecule has 0 unspecified atom stereocenters. The number of sulfonamides is 1. The first-order chi connectivity index (χ1) is 11.6. The first kappa shape index (κ1) is 16.6. The summed E-state index contributed by atoms with van der Waals surface area (Å²) in [6.45, 7) is 0.862. The van der Waals surface area contributed by atoms with Gasteiger partial charge < -0.3 is 5.73 Å². The lowest BCUT2D eigenvalue weighted by Crippen LogP contribution is -2.35. The number of nitrogens with two attached hydrogens (primary N) is 1. The topological polar surface area (TPSA) is 63.4 Å². The van der Waals surface area contributed by atoms with Gasteiger partial charge in [0, 0.05) is 25.0 Å². The standard InChI is InChI=1S/C19H20N2O2S/c20-13-14-21(15-16-7-2-1-3-8-16)24(22,23)19-12-6-10-17-9-4-5-11-18(17)19/h1-12H,13-15,20H2. The van der Waals surface area contributed by atoms with Crippen molar-refractivity contribution in [1.29, 1.82) is 0 Å². The molecule has 0 saturated carbocycles. The van der Waals surface area contributed by atoms with E-state index in [4.69, 9.17) is 5.73 Å². The van der Waals surface area contributed by atoms with Gasteiger partial charge in [0.2, 0.25) is 10.0 Å². The molecule has 3 aromatic carbocycles. The van der Waals surface area contributed by atoms with Gasteiger partial charge in [0.05, 0.1) is 4.90 Å². The van der Waals surface area contributed by atoms with E-state index in [1.807, 2.05) is 60.7 Å². The molecule has 0 radical (unpaired) electrons. The Balaban J connectivity index is 2.05. The Hall–Kier alpha value is -2.21. The van der Waals surface area contributed by atoms with Gasteiger partial charge in [-0.3, -0.25) is 0 Å². The highest BCUT2D eigenvalue weighted by Gasteiger charge is 2.25. The van der Waals surface area contributed by atoms with Crippen molar-refractivity contribution >= 4 is 20.8 Å². The third kappa shape index (κ3) is 3.33. The molecule has 2 N–H and O–H groups in total. The van der Waals surface area contributed by atoms with Crippen LogP contribution in [0.1, 0.15) is 5.56 Å². The second-order valence-corrected chi connectivity index (χ2v) is 7.50. The summed E-state index contributed by atoms with van der Waals surface area (Å²) in [4.78, 5) is 0.324. The molecule has 4 nitrogen and oxygen atoms in total. The van der Waals surface area contributed by atoms with Crippen LogP contribution < -0.4 is 5.73 Å². The van der Waals surface area contributed by atoms with Crippen LogP contribution in [-0.2, 0) is 16.6 Å². The highest BCUT2D eigenvalue weighted by molar-refractivity contribution is 7.89. The zero-order chi connectivity index (χ0) is 17.0. The van der Waals surface area contributed by atoms with Gasteiger partial charge in [-0.2, -0.15) is 4.31 Å². The predicted molar refractivity (Wildman–Crippen MR) is 97.0 cm³/mol. The normalized spacial score (nSPS) is 11.9. The quantitative estimate of drug-likeness (QED) is 0.750. The minimum Gasteiger partial charge on any atom is -0.329 e. The molecule has 0 aliphatic heterocycles. The minimum absolute atomic E-state index is 0.275. The molecule has 0 amide bonds. The summed E-state index contributed by atoms with van der Waals surface area (Å²) >= 11 is 0. The van der Waals surface area contributed by atoms with Crippen molar-refractivity contribution in [2.24, 2.45) is 5.73 Å². The Kier molecular flexibility index (Phi) is 4.94. The molecule has 0 aromatic heterocycles. The molecular formula is C19H20N2O2S. The Morgan fingerprint density at radius 3 is 2.25 bits per heavy atom. The summed E-state index contributed by atoms with van der Waals surface area (Å²) in [5, 5.41) is 1.64. The molecule has 24 heavy (non-hydrogen) atoms. The molecule has 5 heteroatoms. The third-order valence-corrected chi connectivity index (χ3v) is 5.85. The van der Waals surface area contributed by atoms with E-state index in [0.717, 1.165) is 16.3 Å². The van der Waals surface area contributed by atoms with Crippen molar-refractivity contribution in [3.8, 4) is 0 Å². The fourth-order valence-electron chi connectivity index (χ4n) is 2.77. The van der Waals surface area contributed by atoms with Crippen molar-refractivity contribution in [1.82, 2.24) is 4.31 Å². The Morgan fingerprint density at radius 1 is 0.833 bits per heavy atom.